The largest absolute Gasteiger partial charge is 0.463 e. The van der Waals surface area contributed by atoms with Gasteiger partial charge in [-0.3, -0.25) is 0 Å². The Morgan fingerprint density at radius 2 is 1.86 bits per heavy atom. The van der Waals surface area contributed by atoms with Crippen LogP contribution in [-0.2, 0) is 0 Å². The third-order valence-corrected chi connectivity index (χ3v) is 3.09. The standard InChI is InChI=1S/C13H14Cl2N4O2/c1-3-6-20-12-17-11(16-2)18-13(19-12)21-8-4-5-9(14)10(15)7-8/h4-5,7H,3,6H2,1-2H3,(H,16,17,18,19). The van der Waals surface area contributed by atoms with Gasteiger partial charge in [0.05, 0.1) is 16.7 Å². The van der Waals surface area contributed by atoms with Gasteiger partial charge in [-0.05, 0) is 18.6 Å². The van der Waals surface area contributed by atoms with Crippen molar-refractivity contribution < 1.29 is 9.47 Å². The summed E-state index contributed by atoms with van der Waals surface area (Å²) in [5.41, 5.74) is 0. The number of rotatable bonds is 6. The summed E-state index contributed by atoms with van der Waals surface area (Å²) in [5, 5.41) is 3.66. The zero-order chi connectivity index (χ0) is 15.2. The average Bonchev–Trinajstić information content (AvgIpc) is 2.48. The van der Waals surface area contributed by atoms with E-state index in [0.717, 1.165) is 6.42 Å². The van der Waals surface area contributed by atoms with Crippen molar-refractivity contribution in [2.75, 3.05) is 19.0 Å². The summed E-state index contributed by atoms with van der Waals surface area (Å²) in [6.07, 6.45) is 0.851. The third-order valence-electron chi connectivity index (χ3n) is 2.35. The Morgan fingerprint density at radius 1 is 1.10 bits per heavy atom. The lowest BCUT2D eigenvalue weighted by molar-refractivity contribution is 0.285. The maximum Gasteiger partial charge on any atom is 0.330 e. The summed E-state index contributed by atoms with van der Waals surface area (Å²) in [7, 11) is 1.70. The first-order valence-electron chi connectivity index (χ1n) is 6.32. The molecule has 0 bridgehead atoms. The molecule has 0 spiro atoms. The van der Waals surface area contributed by atoms with Gasteiger partial charge in [-0.15, -0.1) is 4.98 Å². The maximum atomic E-state index is 5.94. The van der Waals surface area contributed by atoms with Gasteiger partial charge in [0.15, 0.2) is 0 Å². The highest BCUT2D eigenvalue weighted by Gasteiger charge is 2.09. The number of benzene rings is 1. The van der Waals surface area contributed by atoms with E-state index < -0.39 is 0 Å². The van der Waals surface area contributed by atoms with Crippen LogP contribution in [0, 0.1) is 0 Å². The number of nitrogens with one attached hydrogen (secondary N) is 1. The molecule has 0 fully saturated rings. The first-order chi connectivity index (χ1) is 10.1. The van der Waals surface area contributed by atoms with Crippen LogP contribution < -0.4 is 14.8 Å². The van der Waals surface area contributed by atoms with E-state index in [0.29, 0.717) is 28.3 Å². The molecule has 0 aliphatic carbocycles. The van der Waals surface area contributed by atoms with E-state index in [9.17, 15) is 0 Å². The molecule has 0 atom stereocenters. The summed E-state index contributed by atoms with van der Waals surface area (Å²) >= 11 is 11.8. The Labute approximate surface area is 132 Å². The number of aromatic nitrogens is 3. The first-order valence-corrected chi connectivity index (χ1v) is 7.07. The fourth-order valence-electron chi connectivity index (χ4n) is 1.40. The van der Waals surface area contributed by atoms with Gasteiger partial charge in [0.1, 0.15) is 5.75 Å². The van der Waals surface area contributed by atoms with Crippen molar-refractivity contribution in [3.63, 3.8) is 0 Å². The second kappa shape index (κ2) is 7.28. The topological polar surface area (TPSA) is 69.2 Å². The molecule has 8 heteroatoms. The van der Waals surface area contributed by atoms with Crippen LogP contribution in [0.25, 0.3) is 0 Å². The van der Waals surface area contributed by atoms with Gasteiger partial charge in [-0.1, -0.05) is 30.1 Å². The second-order valence-electron chi connectivity index (χ2n) is 4.00. The van der Waals surface area contributed by atoms with E-state index in [-0.39, 0.29) is 12.0 Å². The van der Waals surface area contributed by atoms with Gasteiger partial charge in [0.2, 0.25) is 5.95 Å². The number of hydrogen-bond acceptors (Lipinski definition) is 6. The van der Waals surface area contributed by atoms with E-state index in [1.54, 1.807) is 25.2 Å². The lowest BCUT2D eigenvalue weighted by Gasteiger charge is -2.08. The van der Waals surface area contributed by atoms with Crippen LogP contribution in [-0.4, -0.2) is 28.6 Å². The van der Waals surface area contributed by atoms with E-state index >= 15 is 0 Å². The van der Waals surface area contributed by atoms with Crippen LogP contribution >= 0.6 is 23.2 Å². The van der Waals surface area contributed by atoms with Crippen molar-refractivity contribution in [1.82, 2.24) is 15.0 Å². The number of nitrogens with zero attached hydrogens (tertiary/aromatic N) is 3. The first kappa shape index (κ1) is 15.6. The molecule has 0 aliphatic heterocycles. The highest BCUT2D eigenvalue weighted by molar-refractivity contribution is 6.42. The summed E-state index contributed by atoms with van der Waals surface area (Å²) < 4.78 is 10.9. The van der Waals surface area contributed by atoms with Crippen LogP contribution in [0.5, 0.6) is 17.8 Å². The molecule has 0 amide bonds. The van der Waals surface area contributed by atoms with Gasteiger partial charge in [-0.25, -0.2) is 0 Å². The summed E-state index contributed by atoms with van der Waals surface area (Å²) in [6.45, 7) is 2.51. The van der Waals surface area contributed by atoms with Gasteiger partial charge < -0.3 is 14.8 Å². The lowest BCUT2D eigenvalue weighted by Crippen LogP contribution is -2.06. The summed E-state index contributed by atoms with van der Waals surface area (Å²) in [5.74, 6) is 0.824. The van der Waals surface area contributed by atoms with Gasteiger partial charge >= 0.3 is 12.0 Å². The summed E-state index contributed by atoms with van der Waals surface area (Å²) in [6, 6.07) is 5.20. The van der Waals surface area contributed by atoms with Crippen LogP contribution in [0.2, 0.25) is 10.0 Å². The highest BCUT2D eigenvalue weighted by Crippen LogP contribution is 2.28. The third kappa shape index (κ3) is 4.34. The zero-order valence-corrected chi connectivity index (χ0v) is 13.1. The Balaban J connectivity index is 2.23. The minimum Gasteiger partial charge on any atom is -0.463 e. The molecular formula is C13H14Cl2N4O2. The molecule has 1 aromatic carbocycles. The van der Waals surface area contributed by atoms with Crippen LogP contribution in [0.15, 0.2) is 18.2 Å². The smallest absolute Gasteiger partial charge is 0.330 e. The predicted octanol–water partition coefficient (Wildman–Crippen LogP) is 3.80. The van der Waals surface area contributed by atoms with Crippen molar-refractivity contribution in [2.24, 2.45) is 0 Å². The Kier molecular flexibility index (Phi) is 5.41. The maximum absolute atomic E-state index is 5.94. The van der Waals surface area contributed by atoms with Crippen molar-refractivity contribution in [1.29, 1.82) is 0 Å². The second-order valence-corrected chi connectivity index (χ2v) is 4.82. The minimum absolute atomic E-state index is 0.110. The molecule has 1 heterocycles. The molecule has 2 aromatic rings. The molecule has 6 nitrogen and oxygen atoms in total. The van der Waals surface area contributed by atoms with E-state index in [2.05, 4.69) is 20.3 Å². The van der Waals surface area contributed by atoms with Gasteiger partial charge in [0.25, 0.3) is 0 Å². The monoisotopic (exact) mass is 328 g/mol. The van der Waals surface area contributed by atoms with E-state index in [1.807, 2.05) is 6.92 Å². The molecule has 0 aliphatic rings. The lowest BCUT2D eigenvalue weighted by atomic mass is 10.3. The zero-order valence-electron chi connectivity index (χ0n) is 11.6. The molecule has 0 unspecified atom stereocenters. The van der Waals surface area contributed by atoms with Crippen molar-refractivity contribution in [3.8, 4) is 17.8 Å². The number of hydrogen-bond donors (Lipinski definition) is 1. The Hall–Kier alpha value is -1.79. The molecule has 0 radical (unpaired) electrons. The quantitative estimate of drug-likeness (QED) is 0.869. The van der Waals surface area contributed by atoms with E-state index in [4.69, 9.17) is 32.7 Å². The molecule has 0 saturated heterocycles. The normalized spacial score (nSPS) is 10.3. The molecule has 0 saturated carbocycles. The molecular weight excluding hydrogens is 315 g/mol. The minimum atomic E-state index is 0.110. The van der Waals surface area contributed by atoms with Crippen LogP contribution in [0.4, 0.5) is 5.95 Å². The van der Waals surface area contributed by atoms with Crippen LogP contribution in [0.1, 0.15) is 13.3 Å². The summed E-state index contributed by atoms with van der Waals surface area (Å²) in [4.78, 5) is 12.3. The van der Waals surface area contributed by atoms with Gasteiger partial charge in [-0.2, -0.15) is 9.97 Å². The van der Waals surface area contributed by atoms with Crippen molar-refractivity contribution in [2.45, 2.75) is 13.3 Å². The molecule has 21 heavy (non-hydrogen) atoms. The molecule has 1 aromatic heterocycles. The molecule has 1 N–H and O–H groups in total. The van der Waals surface area contributed by atoms with Crippen LogP contribution in [0.3, 0.4) is 0 Å². The van der Waals surface area contributed by atoms with E-state index in [1.165, 1.54) is 0 Å². The number of anilines is 1. The fourth-order valence-corrected chi connectivity index (χ4v) is 1.69. The number of ether oxygens (including phenoxy) is 2. The van der Waals surface area contributed by atoms with Gasteiger partial charge in [0, 0.05) is 13.1 Å². The highest BCUT2D eigenvalue weighted by atomic mass is 35.5. The average molecular weight is 329 g/mol. The molecule has 2 rings (SSSR count). The van der Waals surface area contributed by atoms with Crippen molar-refractivity contribution in [3.05, 3.63) is 28.2 Å². The number of halogens is 2. The Bertz CT molecular complexity index is 625. The predicted molar refractivity (Wildman–Crippen MR) is 81.7 cm³/mol. The Morgan fingerprint density at radius 3 is 2.52 bits per heavy atom. The SMILES string of the molecule is CCCOc1nc(NC)nc(Oc2ccc(Cl)c(Cl)c2)n1. The van der Waals surface area contributed by atoms with Crippen molar-refractivity contribution >= 4 is 29.2 Å². The molecule has 112 valence electrons. The fraction of sp³-hybridized carbons (Fsp3) is 0.308.